The van der Waals surface area contributed by atoms with Crippen LogP contribution in [0, 0.1) is 11.3 Å². The minimum Gasteiger partial charge on any atom is -0.305 e. The third-order valence-corrected chi connectivity index (χ3v) is 5.96. The van der Waals surface area contributed by atoms with E-state index in [4.69, 9.17) is 5.26 Å². The lowest BCUT2D eigenvalue weighted by atomic mass is 9.89. The number of carbonyl (C=O) groups excluding carboxylic acids is 2. The van der Waals surface area contributed by atoms with Gasteiger partial charge >= 0.3 is 0 Å². The summed E-state index contributed by atoms with van der Waals surface area (Å²) in [6.45, 7) is 3.89. The van der Waals surface area contributed by atoms with Crippen LogP contribution >= 0.6 is 0 Å². The van der Waals surface area contributed by atoms with Crippen LogP contribution in [0.25, 0.3) is 0 Å². The lowest BCUT2D eigenvalue weighted by Crippen LogP contribution is -2.47. The number of nitriles is 1. The van der Waals surface area contributed by atoms with Crippen LogP contribution < -0.4 is 9.80 Å². The van der Waals surface area contributed by atoms with Gasteiger partial charge in [-0.3, -0.25) is 9.59 Å². The molecule has 3 aromatic rings. The molecule has 32 heavy (non-hydrogen) atoms. The highest BCUT2D eigenvalue weighted by Crippen LogP contribution is 2.42. The van der Waals surface area contributed by atoms with E-state index in [9.17, 15) is 9.59 Å². The van der Waals surface area contributed by atoms with Crippen LogP contribution in [0.15, 0.2) is 78.9 Å². The molecule has 0 aromatic heterocycles. The quantitative estimate of drug-likeness (QED) is 0.558. The minimum absolute atomic E-state index is 0.0510. The monoisotopic (exact) mass is 423 g/mol. The van der Waals surface area contributed by atoms with Gasteiger partial charge in [0.25, 0.3) is 5.91 Å². The van der Waals surface area contributed by atoms with Gasteiger partial charge in [0.05, 0.1) is 17.7 Å². The fourth-order valence-corrected chi connectivity index (χ4v) is 4.42. The zero-order chi connectivity index (χ0) is 22.7. The van der Waals surface area contributed by atoms with Gasteiger partial charge in [0.15, 0.2) is 0 Å². The van der Waals surface area contributed by atoms with Crippen molar-refractivity contribution in [2.24, 2.45) is 0 Å². The lowest BCUT2D eigenvalue weighted by Gasteiger charge is -2.43. The highest BCUT2D eigenvalue weighted by atomic mass is 16.2. The molecule has 1 aliphatic heterocycles. The summed E-state index contributed by atoms with van der Waals surface area (Å²) in [6.07, 6.45) is 1.02. The van der Waals surface area contributed by atoms with Crippen molar-refractivity contribution in [3.63, 3.8) is 0 Å². The average Bonchev–Trinajstić information content (AvgIpc) is 2.84. The third kappa shape index (κ3) is 3.88. The maximum Gasteiger partial charge on any atom is 0.258 e. The third-order valence-electron chi connectivity index (χ3n) is 5.96. The molecule has 0 saturated carbocycles. The van der Waals surface area contributed by atoms with Crippen LogP contribution in [0.3, 0.4) is 0 Å². The smallest absolute Gasteiger partial charge is 0.258 e. The summed E-state index contributed by atoms with van der Waals surface area (Å²) in [6, 6.07) is 26.0. The van der Waals surface area contributed by atoms with Crippen molar-refractivity contribution in [1.82, 2.24) is 0 Å². The Labute approximate surface area is 188 Å². The predicted molar refractivity (Wildman–Crippen MR) is 125 cm³/mol. The number of hydrogen-bond acceptors (Lipinski definition) is 3. The Morgan fingerprint density at radius 1 is 1.00 bits per heavy atom. The molecule has 5 heteroatoms. The maximum atomic E-state index is 13.5. The largest absolute Gasteiger partial charge is 0.305 e. The Balaban J connectivity index is 1.77. The van der Waals surface area contributed by atoms with Crippen molar-refractivity contribution in [1.29, 1.82) is 5.26 Å². The summed E-state index contributed by atoms with van der Waals surface area (Å²) in [5.41, 5.74) is 3.69. The van der Waals surface area contributed by atoms with E-state index in [2.05, 4.69) is 6.07 Å². The number of carbonyl (C=O) groups is 2. The van der Waals surface area contributed by atoms with Gasteiger partial charge in [0.2, 0.25) is 5.91 Å². The van der Waals surface area contributed by atoms with E-state index in [0.29, 0.717) is 24.0 Å². The topological polar surface area (TPSA) is 64.4 Å². The average molecular weight is 424 g/mol. The first-order valence-electron chi connectivity index (χ1n) is 10.8. The van der Waals surface area contributed by atoms with E-state index < -0.39 is 0 Å². The Kier molecular flexibility index (Phi) is 6.04. The molecule has 0 bridgehead atoms. The van der Waals surface area contributed by atoms with Crippen LogP contribution in [0.2, 0.25) is 0 Å². The molecule has 2 atom stereocenters. The SMILES string of the molecule is CCC(=O)N(c1ccccc1)[C@H]1C[C@@H](C)N(C(=O)c2ccc(C#N)cc2)c2ccccc21. The van der Waals surface area contributed by atoms with Crippen molar-refractivity contribution in [3.8, 4) is 6.07 Å². The molecule has 3 aromatic carbocycles. The van der Waals surface area contributed by atoms with Gasteiger partial charge in [-0.2, -0.15) is 5.26 Å². The molecule has 1 aliphatic rings. The Bertz CT molecular complexity index is 1170. The second-order valence-corrected chi connectivity index (χ2v) is 7.98. The van der Waals surface area contributed by atoms with Crippen LogP contribution in [-0.2, 0) is 4.79 Å². The summed E-state index contributed by atoms with van der Waals surface area (Å²) in [7, 11) is 0. The fourth-order valence-electron chi connectivity index (χ4n) is 4.42. The molecule has 0 spiro atoms. The summed E-state index contributed by atoms with van der Waals surface area (Å²) in [4.78, 5) is 30.2. The highest BCUT2D eigenvalue weighted by Gasteiger charge is 2.38. The number of fused-ring (bicyclic) bond motifs is 1. The number of benzene rings is 3. The summed E-state index contributed by atoms with van der Waals surface area (Å²) in [5.74, 6) is -0.0592. The zero-order valence-electron chi connectivity index (χ0n) is 18.2. The molecule has 0 radical (unpaired) electrons. The van der Waals surface area contributed by atoms with Crippen molar-refractivity contribution >= 4 is 23.2 Å². The number of amides is 2. The molecule has 5 nitrogen and oxygen atoms in total. The predicted octanol–water partition coefficient (Wildman–Crippen LogP) is 5.48. The number of hydrogen-bond donors (Lipinski definition) is 0. The Morgan fingerprint density at radius 3 is 2.31 bits per heavy atom. The van der Waals surface area contributed by atoms with E-state index in [1.807, 2.05) is 78.2 Å². The van der Waals surface area contributed by atoms with Gasteiger partial charge in [-0.15, -0.1) is 0 Å². The molecule has 0 unspecified atom stereocenters. The van der Waals surface area contributed by atoms with Crippen molar-refractivity contribution < 1.29 is 9.59 Å². The molecule has 2 amide bonds. The summed E-state index contributed by atoms with van der Waals surface area (Å²) >= 11 is 0. The van der Waals surface area contributed by atoms with Gasteiger partial charge < -0.3 is 9.80 Å². The van der Waals surface area contributed by atoms with Crippen LogP contribution in [0.4, 0.5) is 11.4 Å². The molecule has 0 N–H and O–H groups in total. The van der Waals surface area contributed by atoms with Gasteiger partial charge in [-0.25, -0.2) is 0 Å². The number of anilines is 2. The second kappa shape index (κ2) is 9.07. The van der Waals surface area contributed by atoms with Crippen LogP contribution in [-0.4, -0.2) is 17.9 Å². The van der Waals surface area contributed by atoms with E-state index in [1.54, 1.807) is 24.3 Å². The zero-order valence-corrected chi connectivity index (χ0v) is 18.2. The number of nitrogens with zero attached hydrogens (tertiary/aromatic N) is 3. The first-order chi connectivity index (χ1) is 15.5. The van der Waals surface area contributed by atoms with Crippen LogP contribution in [0.1, 0.15) is 54.2 Å². The first kappa shape index (κ1) is 21.3. The number of para-hydroxylation sites is 2. The standard InChI is InChI=1S/C27H25N3O2/c1-3-26(31)30(22-9-5-4-6-10-22)25-17-19(2)29(24-12-8-7-11-23(24)25)27(32)21-15-13-20(18-28)14-16-21/h4-16,19,25H,3,17H2,1-2H3/t19-,25+/m1/s1. The van der Waals surface area contributed by atoms with Crippen molar-refractivity contribution in [2.45, 2.75) is 38.8 Å². The first-order valence-corrected chi connectivity index (χ1v) is 10.8. The van der Waals surface area contributed by atoms with E-state index in [0.717, 1.165) is 16.9 Å². The summed E-state index contributed by atoms with van der Waals surface area (Å²) in [5, 5.41) is 9.05. The normalized spacial score (nSPS) is 17.2. The van der Waals surface area contributed by atoms with Gasteiger partial charge in [-0.05, 0) is 61.4 Å². The van der Waals surface area contributed by atoms with Crippen molar-refractivity contribution in [3.05, 3.63) is 95.6 Å². The molecule has 0 fully saturated rings. The molecular formula is C27H25N3O2. The Hall–Kier alpha value is -3.91. The molecule has 0 saturated heterocycles. The van der Waals surface area contributed by atoms with Gasteiger partial charge in [0.1, 0.15) is 0 Å². The number of rotatable bonds is 4. The van der Waals surface area contributed by atoms with Gasteiger partial charge in [-0.1, -0.05) is 43.3 Å². The maximum absolute atomic E-state index is 13.5. The minimum atomic E-state index is -0.166. The lowest BCUT2D eigenvalue weighted by molar-refractivity contribution is -0.118. The summed E-state index contributed by atoms with van der Waals surface area (Å²) < 4.78 is 0. The molecule has 1 heterocycles. The molecular weight excluding hydrogens is 398 g/mol. The molecule has 160 valence electrons. The fraction of sp³-hybridized carbons (Fsp3) is 0.222. The highest BCUT2D eigenvalue weighted by molar-refractivity contribution is 6.07. The van der Waals surface area contributed by atoms with Crippen LogP contribution in [0.5, 0.6) is 0 Å². The molecule has 0 aliphatic carbocycles. The van der Waals surface area contributed by atoms with Gasteiger partial charge in [0, 0.05) is 29.4 Å². The molecule has 4 rings (SSSR count). The van der Waals surface area contributed by atoms with E-state index in [1.165, 1.54) is 0 Å². The second-order valence-electron chi connectivity index (χ2n) is 7.98. The van der Waals surface area contributed by atoms with E-state index >= 15 is 0 Å². The van der Waals surface area contributed by atoms with E-state index in [-0.39, 0.29) is 23.9 Å². The van der Waals surface area contributed by atoms with Crippen molar-refractivity contribution in [2.75, 3.05) is 9.80 Å². The Morgan fingerprint density at radius 2 is 1.66 bits per heavy atom.